The molecule has 3 heteroatoms. The van der Waals surface area contributed by atoms with Gasteiger partial charge < -0.3 is 4.74 Å². The maximum atomic E-state index is 12.2. The van der Waals surface area contributed by atoms with Crippen molar-refractivity contribution in [3.63, 3.8) is 0 Å². The van der Waals surface area contributed by atoms with Gasteiger partial charge in [-0.15, -0.1) is 11.3 Å². The topological polar surface area (TPSA) is 26.3 Å². The lowest BCUT2D eigenvalue weighted by molar-refractivity contribution is 0.104. The summed E-state index contributed by atoms with van der Waals surface area (Å²) in [6.07, 6.45) is 0.855. The Hall–Kier alpha value is -1.61. The summed E-state index contributed by atoms with van der Waals surface area (Å²) in [5.41, 5.74) is 1.72. The highest BCUT2D eigenvalue weighted by Gasteiger charge is 2.30. The van der Waals surface area contributed by atoms with Crippen molar-refractivity contribution in [3.8, 4) is 5.75 Å². The average Bonchev–Trinajstić information content (AvgIpc) is 2.91. The van der Waals surface area contributed by atoms with Gasteiger partial charge in [-0.2, -0.15) is 0 Å². The molecule has 0 unspecified atom stereocenters. The number of ether oxygens (including phenoxy) is 1. The molecule has 1 aromatic heterocycles. The van der Waals surface area contributed by atoms with E-state index in [1.807, 2.05) is 35.7 Å². The molecule has 0 N–H and O–H groups in total. The SMILES string of the molecule is CC1(C)Cc2cc(C(=O)c3cccs3)ccc2O1. The first kappa shape index (κ1) is 11.5. The lowest BCUT2D eigenvalue weighted by Crippen LogP contribution is -2.24. The van der Waals surface area contributed by atoms with E-state index in [9.17, 15) is 4.79 Å². The van der Waals surface area contributed by atoms with E-state index in [2.05, 4.69) is 13.8 Å². The van der Waals surface area contributed by atoms with Crippen molar-refractivity contribution in [3.05, 3.63) is 51.7 Å². The molecule has 0 bridgehead atoms. The first-order valence-corrected chi connectivity index (χ1v) is 6.83. The molecule has 1 aliphatic rings. The van der Waals surface area contributed by atoms with E-state index < -0.39 is 0 Å². The Balaban J connectivity index is 1.95. The van der Waals surface area contributed by atoms with Crippen LogP contribution in [0.4, 0.5) is 0 Å². The molecular weight excluding hydrogens is 244 g/mol. The van der Waals surface area contributed by atoms with Crippen LogP contribution in [-0.4, -0.2) is 11.4 Å². The third-order valence-corrected chi connectivity index (χ3v) is 3.94. The summed E-state index contributed by atoms with van der Waals surface area (Å²) in [7, 11) is 0. The van der Waals surface area contributed by atoms with Crippen LogP contribution in [0.15, 0.2) is 35.7 Å². The first-order chi connectivity index (χ1) is 8.55. The molecule has 3 rings (SSSR count). The quantitative estimate of drug-likeness (QED) is 0.768. The summed E-state index contributed by atoms with van der Waals surface area (Å²) in [4.78, 5) is 13.0. The molecule has 18 heavy (non-hydrogen) atoms. The Kier molecular flexibility index (Phi) is 2.52. The second kappa shape index (κ2) is 3.95. The Morgan fingerprint density at radius 3 is 2.89 bits per heavy atom. The molecule has 0 fully saturated rings. The van der Waals surface area contributed by atoms with E-state index >= 15 is 0 Å². The maximum absolute atomic E-state index is 12.2. The van der Waals surface area contributed by atoms with E-state index in [4.69, 9.17) is 4.74 Å². The largest absolute Gasteiger partial charge is 0.487 e. The summed E-state index contributed by atoms with van der Waals surface area (Å²) in [6.45, 7) is 4.13. The number of fused-ring (bicyclic) bond motifs is 1. The van der Waals surface area contributed by atoms with Crippen molar-refractivity contribution in [2.24, 2.45) is 0 Å². The van der Waals surface area contributed by atoms with Crippen molar-refractivity contribution in [2.45, 2.75) is 25.9 Å². The number of thiophene rings is 1. The zero-order valence-corrected chi connectivity index (χ0v) is 11.2. The molecule has 0 radical (unpaired) electrons. The van der Waals surface area contributed by atoms with Gasteiger partial charge in [0.15, 0.2) is 0 Å². The molecule has 0 saturated carbocycles. The number of rotatable bonds is 2. The van der Waals surface area contributed by atoms with Crippen LogP contribution in [-0.2, 0) is 6.42 Å². The van der Waals surface area contributed by atoms with Gasteiger partial charge >= 0.3 is 0 Å². The van der Waals surface area contributed by atoms with E-state index in [1.54, 1.807) is 0 Å². The second-order valence-corrected chi connectivity index (χ2v) is 6.12. The Morgan fingerprint density at radius 1 is 1.33 bits per heavy atom. The number of ketones is 1. The fourth-order valence-corrected chi connectivity index (χ4v) is 2.99. The maximum Gasteiger partial charge on any atom is 0.202 e. The van der Waals surface area contributed by atoms with Gasteiger partial charge in [-0.05, 0) is 49.1 Å². The van der Waals surface area contributed by atoms with E-state index in [-0.39, 0.29) is 11.4 Å². The average molecular weight is 258 g/mol. The minimum absolute atomic E-state index is 0.0949. The summed E-state index contributed by atoms with van der Waals surface area (Å²) >= 11 is 1.48. The molecule has 0 atom stereocenters. The number of hydrogen-bond donors (Lipinski definition) is 0. The summed E-state index contributed by atoms with van der Waals surface area (Å²) < 4.78 is 5.81. The highest BCUT2D eigenvalue weighted by atomic mass is 32.1. The Bertz CT molecular complexity index is 597. The van der Waals surface area contributed by atoms with E-state index in [0.717, 1.165) is 28.2 Å². The van der Waals surface area contributed by atoms with Gasteiger partial charge in [0.25, 0.3) is 0 Å². The molecular formula is C15H14O2S. The molecule has 0 spiro atoms. The van der Waals surface area contributed by atoms with Crippen LogP contribution in [0.1, 0.15) is 34.6 Å². The molecule has 0 amide bonds. The lowest BCUT2D eigenvalue weighted by atomic mass is 9.99. The van der Waals surface area contributed by atoms with Gasteiger partial charge in [0, 0.05) is 12.0 Å². The van der Waals surface area contributed by atoms with Crippen LogP contribution in [0.5, 0.6) is 5.75 Å². The Labute approximate surface area is 110 Å². The van der Waals surface area contributed by atoms with Gasteiger partial charge in [-0.3, -0.25) is 4.79 Å². The van der Waals surface area contributed by atoms with Crippen LogP contribution in [0.2, 0.25) is 0 Å². The van der Waals surface area contributed by atoms with Crippen molar-refractivity contribution in [1.29, 1.82) is 0 Å². The summed E-state index contributed by atoms with van der Waals surface area (Å²) in [6, 6.07) is 9.48. The van der Waals surface area contributed by atoms with Crippen LogP contribution >= 0.6 is 11.3 Å². The standard InChI is InChI=1S/C15H14O2S/c1-15(2)9-11-8-10(5-6-12(11)17-15)14(16)13-4-3-7-18-13/h3-8H,9H2,1-2H3. The lowest BCUT2D eigenvalue weighted by Gasteiger charge is -2.16. The number of carbonyl (C=O) groups is 1. The normalized spacial score (nSPS) is 16.1. The van der Waals surface area contributed by atoms with Gasteiger partial charge in [-0.25, -0.2) is 0 Å². The van der Waals surface area contributed by atoms with Crippen LogP contribution in [0.3, 0.4) is 0 Å². The molecule has 1 aliphatic heterocycles. The number of carbonyl (C=O) groups excluding carboxylic acids is 1. The fraction of sp³-hybridized carbons (Fsp3) is 0.267. The third-order valence-electron chi connectivity index (χ3n) is 3.07. The molecule has 0 aliphatic carbocycles. The first-order valence-electron chi connectivity index (χ1n) is 5.95. The molecule has 1 aromatic carbocycles. The number of benzene rings is 1. The number of hydrogen-bond acceptors (Lipinski definition) is 3. The highest BCUT2D eigenvalue weighted by molar-refractivity contribution is 7.12. The molecule has 0 saturated heterocycles. The predicted molar refractivity (Wildman–Crippen MR) is 72.6 cm³/mol. The molecule has 2 nitrogen and oxygen atoms in total. The van der Waals surface area contributed by atoms with Crippen LogP contribution < -0.4 is 4.74 Å². The van der Waals surface area contributed by atoms with Crippen LogP contribution in [0.25, 0.3) is 0 Å². The van der Waals surface area contributed by atoms with Gasteiger partial charge in [0.1, 0.15) is 11.4 Å². The van der Waals surface area contributed by atoms with Crippen molar-refractivity contribution < 1.29 is 9.53 Å². The van der Waals surface area contributed by atoms with Crippen LogP contribution in [0, 0.1) is 0 Å². The summed E-state index contributed by atoms with van der Waals surface area (Å²) in [5.74, 6) is 1.00. The monoisotopic (exact) mass is 258 g/mol. The smallest absolute Gasteiger partial charge is 0.202 e. The molecule has 2 aromatic rings. The zero-order chi connectivity index (χ0) is 12.8. The Morgan fingerprint density at radius 2 is 2.17 bits per heavy atom. The summed E-state index contributed by atoms with van der Waals surface area (Å²) in [5, 5.41) is 1.92. The van der Waals surface area contributed by atoms with Crippen molar-refractivity contribution >= 4 is 17.1 Å². The second-order valence-electron chi connectivity index (χ2n) is 5.17. The fourth-order valence-electron chi connectivity index (χ4n) is 2.30. The van der Waals surface area contributed by atoms with E-state index in [1.165, 1.54) is 11.3 Å². The predicted octanol–water partition coefficient (Wildman–Crippen LogP) is 3.69. The van der Waals surface area contributed by atoms with E-state index in [0.29, 0.717) is 0 Å². The van der Waals surface area contributed by atoms with Gasteiger partial charge in [-0.1, -0.05) is 6.07 Å². The van der Waals surface area contributed by atoms with Gasteiger partial charge in [0.2, 0.25) is 5.78 Å². The molecule has 92 valence electrons. The zero-order valence-electron chi connectivity index (χ0n) is 10.4. The third kappa shape index (κ3) is 1.95. The molecule has 2 heterocycles. The highest BCUT2D eigenvalue weighted by Crippen LogP contribution is 2.35. The van der Waals surface area contributed by atoms with Gasteiger partial charge in [0.05, 0.1) is 4.88 Å². The minimum atomic E-state index is -0.160. The van der Waals surface area contributed by atoms with Crippen molar-refractivity contribution in [1.82, 2.24) is 0 Å². The minimum Gasteiger partial charge on any atom is -0.487 e. The van der Waals surface area contributed by atoms with Crippen molar-refractivity contribution in [2.75, 3.05) is 0 Å².